The van der Waals surface area contributed by atoms with E-state index in [1.54, 1.807) is 18.5 Å². The van der Waals surface area contributed by atoms with Crippen LogP contribution in [0.4, 0.5) is 0 Å². The highest BCUT2D eigenvalue weighted by Gasteiger charge is 2.18. The smallest absolute Gasteiger partial charge is 0.210 e. The maximum absolute atomic E-state index is 5.36. The van der Waals surface area contributed by atoms with Crippen molar-refractivity contribution in [3.63, 3.8) is 0 Å². The Labute approximate surface area is 86.0 Å². The number of hydrazine groups is 1. The fourth-order valence-corrected chi connectivity index (χ4v) is 1.40. The number of rotatable bonds is 3. The molecule has 0 saturated carbocycles. The third kappa shape index (κ3) is 1.87. The summed E-state index contributed by atoms with van der Waals surface area (Å²) in [6.07, 6.45) is 8.42. The molecule has 72 valence electrons. The van der Waals surface area contributed by atoms with E-state index in [1.165, 1.54) is 16.5 Å². The van der Waals surface area contributed by atoms with Crippen LogP contribution in [-0.4, -0.2) is 10.3 Å². The van der Waals surface area contributed by atoms with Crippen LogP contribution in [0.3, 0.4) is 0 Å². The molecule has 0 radical (unpaired) electrons. The van der Waals surface area contributed by atoms with Crippen molar-refractivity contribution in [1.82, 2.24) is 10.0 Å². The van der Waals surface area contributed by atoms with Crippen molar-refractivity contribution < 1.29 is 9.25 Å². The third-order valence-corrected chi connectivity index (χ3v) is 2.22. The zero-order chi connectivity index (χ0) is 9.80. The Balaban J connectivity index is 1.91. The lowest BCUT2D eigenvalue weighted by Crippen LogP contribution is -2.21. The average molecular weight is 208 g/mol. The van der Waals surface area contributed by atoms with Gasteiger partial charge in [0.2, 0.25) is 5.76 Å². The normalized spacial score (nSPS) is 15.5. The summed E-state index contributed by atoms with van der Waals surface area (Å²) in [6, 6.07) is 3.62. The summed E-state index contributed by atoms with van der Waals surface area (Å²) in [6.45, 7) is 0. The molecular weight excluding hydrogens is 200 g/mol. The minimum absolute atomic E-state index is 0.548. The molecule has 0 bridgehead atoms. The van der Waals surface area contributed by atoms with Crippen LogP contribution < -0.4 is 5.43 Å². The molecule has 2 rings (SSSR count). The van der Waals surface area contributed by atoms with Crippen molar-refractivity contribution in [3.8, 4) is 12.3 Å². The molecule has 0 atom stereocenters. The van der Waals surface area contributed by atoms with E-state index >= 15 is 0 Å². The van der Waals surface area contributed by atoms with Gasteiger partial charge in [-0.1, -0.05) is 5.92 Å². The van der Waals surface area contributed by atoms with Gasteiger partial charge in [-0.25, -0.2) is 0 Å². The van der Waals surface area contributed by atoms with Gasteiger partial charge in [-0.15, -0.1) is 6.42 Å². The monoisotopic (exact) mass is 208 g/mol. The highest BCUT2D eigenvalue weighted by Crippen LogP contribution is 2.24. The molecule has 1 N–H and O–H groups in total. The van der Waals surface area contributed by atoms with E-state index in [4.69, 9.17) is 15.7 Å². The van der Waals surface area contributed by atoms with E-state index in [0.717, 1.165) is 0 Å². The van der Waals surface area contributed by atoms with E-state index in [2.05, 4.69) is 11.3 Å². The molecule has 2 heterocycles. The van der Waals surface area contributed by atoms with E-state index in [0.29, 0.717) is 17.3 Å². The molecular formula is C9H8N2O2S. The van der Waals surface area contributed by atoms with Gasteiger partial charge in [-0.3, -0.25) is 5.43 Å². The Bertz CT molecular complexity index is 367. The van der Waals surface area contributed by atoms with Gasteiger partial charge in [0.1, 0.15) is 0 Å². The summed E-state index contributed by atoms with van der Waals surface area (Å²) in [4.78, 5) is 5.36. The van der Waals surface area contributed by atoms with Crippen LogP contribution in [-0.2, 0) is 4.84 Å². The predicted octanol–water partition coefficient (Wildman–Crippen LogP) is 1.61. The lowest BCUT2D eigenvalue weighted by Gasteiger charge is -2.11. The molecule has 0 fully saturated rings. The van der Waals surface area contributed by atoms with Crippen LogP contribution in [0, 0.1) is 12.3 Å². The molecule has 0 saturated heterocycles. The highest BCUT2D eigenvalue weighted by atomic mass is 32.2. The first-order valence-corrected chi connectivity index (χ1v) is 4.89. The SMILES string of the molecule is C#CCSN1NC=C(c2ccco2)O1. The molecule has 5 heteroatoms. The van der Waals surface area contributed by atoms with E-state index in [1.807, 2.05) is 6.07 Å². The van der Waals surface area contributed by atoms with Crippen LogP contribution in [0.1, 0.15) is 5.76 Å². The van der Waals surface area contributed by atoms with E-state index in [-0.39, 0.29) is 0 Å². The van der Waals surface area contributed by atoms with Crippen LogP contribution >= 0.6 is 11.9 Å². The number of hydrogen-bond acceptors (Lipinski definition) is 5. The second-order valence-electron chi connectivity index (χ2n) is 2.44. The zero-order valence-corrected chi connectivity index (χ0v) is 8.08. The molecule has 0 aliphatic carbocycles. The summed E-state index contributed by atoms with van der Waals surface area (Å²) < 4.78 is 6.64. The fraction of sp³-hybridized carbons (Fsp3) is 0.111. The topological polar surface area (TPSA) is 37.6 Å². The van der Waals surface area contributed by atoms with Gasteiger partial charge in [0.15, 0.2) is 5.76 Å². The van der Waals surface area contributed by atoms with Crippen LogP contribution in [0.25, 0.3) is 5.76 Å². The molecule has 1 aliphatic rings. The minimum atomic E-state index is 0.548. The first-order chi connectivity index (χ1) is 6.90. The molecule has 1 aromatic rings. The lowest BCUT2D eigenvalue weighted by molar-refractivity contribution is 0.00557. The first-order valence-electron chi connectivity index (χ1n) is 3.95. The van der Waals surface area contributed by atoms with Gasteiger partial charge in [0.05, 0.1) is 18.2 Å². The van der Waals surface area contributed by atoms with Crippen molar-refractivity contribution in [2.24, 2.45) is 0 Å². The molecule has 0 aromatic carbocycles. The Morgan fingerprint density at radius 3 is 3.29 bits per heavy atom. The summed E-state index contributed by atoms with van der Waals surface area (Å²) in [5.41, 5.74) is 2.89. The molecule has 1 aliphatic heterocycles. The van der Waals surface area contributed by atoms with Gasteiger partial charge < -0.3 is 9.25 Å². The lowest BCUT2D eigenvalue weighted by atomic mass is 10.4. The predicted molar refractivity (Wildman–Crippen MR) is 54.0 cm³/mol. The summed E-state index contributed by atoms with van der Waals surface area (Å²) in [5.74, 6) is 4.37. The summed E-state index contributed by atoms with van der Waals surface area (Å²) >= 11 is 1.36. The number of nitrogens with zero attached hydrogens (tertiary/aromatic N) is 1. The van der Waals surface area contributed by atoms with Crippen LogP contribution in [0.5, 0.6) is 0 Å². The van der Waals surface area contributed by atoms with E-state index in [9.17, 15) is 0 Å². The number of furan rings is 1. The number of nitrogens with one attached hydrogen (secondary N) is 1. The van der Waals surface area contributed by atoms with Gasteiger partial charge >= 0.3 is 0 Å². The molecule has 4 nitrogen and oxygen atoms in total. The van der Waals surface area contributed by atoms with Crippen molar-refractivity contribution in [2.75, 3.05) is 5.75 Å². The van der Waals surface area contributed by atoms with Gasteiger partial charge in [-0.2, -0.15) is 0 Å². The van der Waals surface area contributed by atoms with Gasteiger partial charge in [-0.05, 0) is 24.1 Å². The van der Waals surface area contributed by atoms with Crippen LogP contribution in [0.2, 0.25) is 0 Å². The second kappa shape index (κ2) is 4.13. The standard InChI is InChI=1S/C9H8N2O2S/c1-2-6-14-11-10-7-9(13-11)8-4-3-5-12-8/h1,3-5,7,10H,6H2. The van der Waals surface area contributed by atoms with Crippen molar-refractivity contribution in [1.29, 1.82) is 0 Å². The Kier molecular flexibility index (Phi) is 2.68. The molecule has 14 heavy (non-hydrogen) atoms. The second-order valence-corrected chi connectivity index (χ2v) is 3.32. The van der Waals surface area contributed by atoms with Crippen molar-refractivity contribution in [3.05, 3.63) is 30.4 Å². The van der Waals surface area contributed by atoms with E-state index < -0.39 is 0 Å². The van der Waals surface area contributed by atoms with Crippen molar-refractivity contribution >= 4 is 17.7 Å². The molecule has 0 spiro atoms. The maximum Gasteiger partial charge on any atom is 0.210 e. The highest BCUT2D eigenvalue weighted by molar-refractivity contribution is 7.97. The Morgan fingerprint density at radius 1 is 1.64 bits per heavy atom. The quantitative estimate of drug-likeness (QED) is 0.603. The zero-order valence-electron chi connectivity index (χ0n) is 7.27. The Hall–Kier alpha value is -1.51. The van der Waals surface area contributed by atoms with Gasteiger partial charge in [0, 0.05) is 4.58 Å². The number of terminal acetylenes is 1. The average Bonchev–Trinajstić information content (AvgIpc) is 2.85. The number of hydrogen-bond donors (Lipinski definition) is 1. The largest absolute Gasteiger partial charge is 0.461 e. The molecule has 0 amide bonds. The first kappa shape index (κ1) is 9.06. The molecule has 1 aromatic heterocycles. The summed E-state index contributed by atoms with van der Waals surface area (Å²) in [7, 11) is 0. The fourth-order valence-electron chi connectivity index (χ4n) is 0.948. The van der Waals surface area contributed by atoms with Crippen molar-refractivity contribution in [2.45, 2.75) is 0 Å². The summed E-state index contributed by atoms with van der Waals surface area (Å²) in [5, 5.41) is 0. The minimum Gasteiger partial charge on any atom is -0.461 e. The van der Waals surface area contributed by atoms with Gasteiger partial charge in [0.25, 0.3) is 0 Å². The maximum atomic E-state index is 5.36. The third-order valence-electron chi connectivity index (χ3n) is 1.51. The molecule has 0 unspecified atom stereocenters. The Morgan fingerprint density at radius 2 is 2.57 bits per heavy atom. The van der Waals surface area contributed by atoms with Crippen LogP contribution in [0.15, 0.2) is 29.0 Å².